The molecule has 4 heterocycles. The van der Waals surface area contributed by atoms with Crippen LogP contribution in [0.2, 0.25) is 0 Å². The average molecular weight is 525 g/mol. The zero-order valence-corrected chi connectivity index (χ0v) is 21.4. The Morgan fingerprint density at radius 2 is 2.03 bits per heavy atom. The van der Waals surface area contributed by atoms with E-state index in [0.717, 1.165) is 44.0 Å². The van der Waals surface area contributed by atoms with Gasteiger partial charge in [0.2, 0.25) is 6.41 Å². The normalized spacial score (nSPS) is 20.5. The number of hydrogen-bond acceptors (Lipinski definition) is 8. The Bertz CT molecular complexity index is 1250. The maximum Gasteiger partial charge on any atom is 0.265 e. The van der Waals surface area contributed by atoms with Gasteiger partial charge in [0.05, 0.1) is 22.0 Å². The van der Waals surface area contributed by atoms with Crippen molar-refractivity contribution in [2.45, 2.75) is 49.8 Å². The quantitative estimate of drug-likeness (QED) is 0.256. The molecule has 1 saturated heterocycles. The summed E-state index contributed by atoms with van der Waals surface area (Å²) in [5, 5.41) is 13.3. The number of carbonyl (C=O) groups is 3. The second-order valence-corrected chi connectivity index (χ2v) is 10.8. The van der Waals surface area contributed by atoms with E-state index in [0.29, 0.717) is 41.5 Å². The number of allylic oxidation sites excluding steroid dienone is 1. The van der Waals surface area contributed by atoms with Crippen molar-refractivity contribution in [1.29, 1.82) is 0 Å². The molecular formula is C25H32N8O3S. The van der Waals surface area contributed by atoms with Gasteiger partial charge in [0, 0.05) is 30.8 Å². The number of fused-ring (bicyclic) bond motifs is 1. The van der Waals surface area contributed by atoms with Gasteiger partial charge in [-0.15, -0.1) is 11.8 Å². The monoisotopic (exact) mass is 524 g/mol. The Balaban J connectivity index is 1.32. The van der Waals surface area contributed by atoms with Gasteiger partial charge in [0.1, 0.15) is 11.5 Å². The molecule has 3 aliphatic rings. The molecule has 196 valence electrons. The first-order chi connectivity index (χ1) is 18.0. The van der Waals surface area contributed by atoms with Crippen molar-refractivity contribution >= 4 is 47.5 Å². The van der Waals surface area contributed by atoms with E-state index in [1.807, 2.05) is 12.1 Å². The summed E-state index contributed by atoms with van der Waals surface area (Å²) >= 11 is 1.51. The lowest BCUT2D eigenvalue weighted by Gasteiger charge is -2.26. The van der Waals surface area contributed by atoms with Crippen LogP contribution in [0.4, 0.5) is 5.82 Å². The van der Waals surface area contributed by atoms with Gasteiger partial charge < -0.3 is 26.6 Å². The maximum atomic E-state index is 12.8. The number of nitrogens with zero attached hydrogens (tertiary/aromatic N) is 4. The van der Waals surface area contributed by atoms with E-state index in [-0.39, 0.29) is 16.9 Å². The van der Waals surface area contributed by atoms with Crippen LogP contribution < -0.4 is 21.7 Å². The fourth-order valence-corrected chi connectivity index (χ4v) is 5.71. The predicted molar refractivity (Wildman–Crippen MR) is 142 cm³/mol. The van der Waals surface area contributed by atoms with Crippen LogP contribution in [0, 0.1) is 0 Å². The van der Waals surface area contributed by atoms with E-state index in [1.165, 1.54) is 37.1 Å². The SMILES string of the molecule is NC(=O)/C(=C/c1cnn2c(NC3CC3)cc(C3CC=C(C(=O)NCCN4CCCCC4)S3)nc12)NC=O. The molecule has 2 aliphatic heterocycles. The topological polar surface area (TPSA) is 147 Å². The molecule has 1 unspecified atom stereocenters. The standard InChI is InChI=1S/C25H32N8O3S/c26-23(35)19(28-15-34)12-16-14-29-33-22(30-17-4-5-17)13-18(31-24(16)33)20-6-7-21(37-20)25(36)27-8-11-32-9-2-1-3-10-32/h7,12-15,17,20,30H,1-6,8-11H2,(H2,26,35)(H,27,36)(H,28,34)/b19-12-. The number of carbonyl (C=O) groups excluding carboxylic acids is 3. The van der Waals surface area contributed by atoms with Crippen molar-refractivity contribution in [2.24, 2.45) is 5.73 Å². The highest BCUT2D eigenvalue weighted by Gasteiger charge is 2.28. The zero-order valence-electron chi connectivity index (χ0n) is 20.6. The minimum atomic E-state index is -0.759. The highest BCUT2D eigenvalue weighted by Crippen LogP contribution is 2.44. The van der Waals surface area contributed by atoms with Crippen LogP contribution in [0.1, 0.15) is 55.0 Å². The van der Waals surface area contributed by atoms with Crippen molar-refractivity contribution in [2.75, 3.05) is 31.5 Å². The molecule has 3 amide bonds. The number of nitrogens with one attached hydrogen (secondary N) is 3. The summed E-state index contributed by atoms with van der Waals surface area (Å²) in [4.78, 5) is 43.4. The highest BCUT2D eigenvalue weighted by atomic mass is 32.2. The van der Waals surface area contributed by atoms with Crippen molar-refractivity contribution in [3.8, 4) is 0 Å². The van der Waals surface area contributed by atoms with Gasteiger partial charge in [0.15, 0.2) is 5.65 Å². The lowest BCUT2D eigenvalue weighted by atomic mass is 10.1. The zero-order chi connectivity index (χ0) is 25.8. The number of rotatable bonds is 11. The Labute approximate surface area is 219 Å². The summed E-state index contributed by atoms with van der Waals surface area (Å²) in [6.07, 6.45) is 12.1. The molecule has 0 bridgehead atoms. The molecule has 1 saturated carbocycles. The van der Waals surface area contributed by atoms with Crippen LogP contribution in [-0.2, 0) is 14.4 Å². The van der Waals surface area contributed by atoms with Gasteiger partial charge in [-0.1, -0.05) is 12.5 Å². The summed E-state index contributed by atoms with van der Waals surface area (Å²) in [5.74, 6) is -0.00231. The van der Waals surface area contributed by atoms with Crippen molar-refractivity contribution < 1.29 is 14.4 Å². The Kier molecular flexibility index (Phi) is 7.75. The van der Waals surface area contributed by atoms with Crippen molar-refractivity contribution in [3.63, 3.8) is 0 Å². The number of anilines is 1. The van der Waals surface area contributed by atoms with Gasteiger partial charge in [-0.05, 0) is 51.3 Å². The lowest BCUT2D eigenvalue weighted by molar-refractivity contribution is -0.117. The van der Waals surface area contributed by atoms with Crippen LogP contribution in [-0.4, -0.2) is 69.9 Å². The molecule has 0 aromatic carbocycles. The van der Waals surface area contributed by atoms with Crippen LogP contribution in [0.15, 0.2) is 28.9 Å². The summed E-state index contributed by atoms with van der Waals surface area (Å²) < 4.78 is 1.69. The molecule has 1 aliphatic carbocycles. The third-order valence-corrected chi connectivity index (χ3v) is 8.05. The number of amides is 3. The van der Waals surface area contributed by atoms with Gasteiger partial charge in [0.25, 0.3) is 11.8 Å². The molecule has 5 rings (SSSR count). The number of nitrogens with two attached hydrogens (primary N) is 1. The Morgan fingerprint density at radius 3 is 2.76 bits per heavy atom. The fraction of sp³-hybridized carbons (Fsp3) is 0.480. The summed E-state index contributed by atoms with van der Waals surface area (Å²) in [6.45, 7) is 3.74. The summed E-state index contributed by atoms with van der Waals surface area (Å²) in [6, 6.07) is 2.36. The number of primary amides is 1. The van der Waals surface area contributed by atoms with Crippen LogP contribution >= 0.6 is 11.8 Å². The minimum absolute atomic E-state index is 0.0250. The first-order valence-electron chi connectivity index (χ1n) is 12.8. The molecule has 5 N–H and O–H groups in total. The van der Waals surface area contributed by atoms with E-state index < -0.39 is 5.91 Å². The smallest absolute Gasteiger partial charge is 0.265 e. The van der Waals surface area contributed by atoms with Crippen LogP contribution in [0.25, 0.3) is 11.7 Å². The predicted octanol–water partition coefficient (Wildman–Crippen LogP) is 1.54. The van der Waals surface area contributed by atoms with Gasteiger partial charge in [-0.25, -0.2) is 4.98 Å². The van der Waals surface area contributed by atoms with Crippen LogP contribution in [0.5, 0.6) is 0 Å². The molecular weight excluding hydrogens is 492 g/mol. The number of likely N-dealkylation sites (tertiary alicyclic amines) is 1. The molecule has 2 fully saturated rings. The molecule has 1 atom stereocenters. The average Bonchev–Trinajstić information content (AvgIpc) is 3.40. The van der Waals surface area contributed by atoms with E-state index in [4.69, 9.17) is 10.7 Å². The third kappa shape index (κ3) is 6.13. The largest absolute Gasteiger partial charge is 0.367 e. The number of aromatic nitrogens is 3. The number of hydrogen-bond donors (Lipinski definition) is 4. The number of thioether (sulfide) groups is 1. The second-order valence-electron chi connectivity index (χ2n) is 9.57. The Morgan fingerprint density at radius 1 is 1.22 bits per heavy atom. The van der Waals surface area contributed by atoms with Crippen molar-refractivity contribution in [3.05, 3.63) is 40.2 Å². The number of piperidine rings is 1. The van der Waals surface area contributed by atoms with Gasteiger partial charge >= 0.3 is 0 Å². The molecule has 0 spiro atoms. The van der Waals surface area contributed by atoms with Gasteiger partial charge in [-0.2, -0.15) is 9.61 Å². The molecule has 11 nitrogen and oxygen atoms in total. The van der Waals surface area contributed by atoms with Gasteiger partial charge in [-0.3, -0.25) is 14.4 Å². The van der Waals surface area contributed by atoms with Crippen LogP contribution in [0.3, 0.4) is 0 Å². The summed E-state index contributed by atoms with van der Waals surface area (Å²) in [7, 11) is 0. The summed E-state index contributed by atoms with van der Waals surface area (Å²) in [5.41, 5.74) is 7.25. The molecule has 12 heteroatoms. The van der Waals surface area contributed by atoms with E-state index in [2.05, 4.69) is 25.9 Å². The first kappa shape index (κ1) is 25.3. The highest BCUT2D eigenvalue weighted by molar-refractivity contribution is 8.04. The minimum Gasteiger partial charge on any atom is -0.367 e. The van der Waals surface area contributed by atoms with E-state index in [1.54, 1.807) is 10.7 Å². The Hall–Kier alpha value is -3.38. The molecule has 37 heavy (non-hydrogen) atoms. The van der Waals surface area contributed by atoms with E-state index in [9.17, 15) is 14.4 Å². The maximum absolute atomic E-state index is 12.8. The fourth-order valence-electron chi connectivity index (χ4n) is 4.60. The second kappa shape index (κ2) is 11.3. The first-order valence-corrected chi connectivity index (χ1v) is 13.6. The van der Waals surface area contributed by atoms with E-state index >= 15 is 0 Å². The van der Waals surface area contributed by atoms with Crippen molar-refractivity contribution in [1.82, 2.24) is 30.1 Å². The third-order valence-electron chi connectivity index (χ3n) is 6.73. The molecule has 0 radical (unpaired) electrons. The molecule has 2 aromatic rings. The lowest BCUT2D eigenvalue weighted by Crippen LogP contribution is -2.37. The molecule has 2 aromatic heterocycles.